The van der Waals surface area contributed by atoms with Crippen LogP contribution in [0.1, 0.15) is 30.5 Å². The number of benzene rings is 1. The van der Waals surface area contributed by atoms with Gasteiger partial charge in [-0.15, -0.1) is 0 Å². The Morgan fingerprint density at radius 1 is 1.32 bits per heavy atom. The van der Waals surface area contributed by atoms with Crippen LogP contribution in [0.4, 0.5) is 0 Å². The molecule has 0 spiro atoms. The standard InChI is InChI=1S/C15H19N3O/c1-11-10-17(2)14(19)18(11)13-6-3-5-12(9-13)15(16)7-4-8-15/h3,5-6,9-10H,4,7-8,16H2,1-2H3. The Hall–Kier alpha value is -1.81. The van der Waals surface area contributed by atoms with Crippen LogP contribution in [-0.2, 0) is 12.6 Å². The van der Waals surface area contributed by atoms with Crippen LogP contribution < -0.4 is 11.4 Å². The quantitative estimate of drug-likeness (QED) is 0.892. The van der Waals surface area contributed by atoms with Gasteiger partial charge in [-0.3, -0.25) is 4.57 Å². The number of nitrogens with two attached hydrogens (primary N) is 1. The van der Waals surface area contributed by atoms with Crippen molar-refractivity contribution in [3.8, 4) is 5.69 Å². The highest BCUT2D eigenvalue weighted by molar-refractivity contribution is 5.40. The van der Waals surface area contributed by atoms with E-state index in [-0.39, 0.29) is 11.2 Å². The van der Waals surface area contributed by atoms with Crippen LogP contribution in [0.3, 0.4) is 0 Å². The van der Waals surface area contributed by atoms with Crippen molar-refractivity contribution < 1.29 is 0 Å². The molecule has 2 aromatic rings. The van der Waals surface area contributed by atoms with Crippen molar-refractivity contribution in [2.24, 2.45) is 12.8 Å². The molecule has 0 bridgehead atoms. The van der Waals surface area contributed by atoms with Crippen molar-refractivity contribution in [1.29, 1.82) is 0 Å². The Labute approximate surface area is 112 Å². The van der Waals surface area contributed by atoms with Crippen molar-refractivity contribution in [3.63, 3.8) is 0 Å². The van der Waals surface area contributed by atoms with Gasteiger partial charge in [-0.1, -0.05) is 12.1 Å². The molecule has 2 N–H and O–H groups in total. The van der Waals surface area contributed by atoms with Crippen LogP contribution in [0.15, 0.2) is 35.3 Å². The molecule has 1 aliphatic carbocycles. The summed E-state index contributed by atoms with van der Waals surface area (Å²) in [6.45, 7) is 1.94. The van der Waals surface area contributed by atoms with Crippen molar-refractivity contribution in [1.82, 2.24) is 9.13 Å². The van der Waals surface area contributed by atoms with Gasteiger partial charge >= 0.3 is 5.69 Å². The van der Waals surface area contributed by atoms with E-state index in [0.717, 1.165) is 29.8 Å². The largest absolute Gasteiger partial charge is 0.332 e. The van der Waals surface area contributed by atoms with Gasteiger partial charge in [0.2, 0.25) is 0 Å². The molecule has 1 heterocycles. The predicted octanol–water partition coefficient (Wildman–Crippen LogP) is 1.82. The average Bonchev–Trinajstić information content (AvgIpc) is 2.60. The van der Waals surface area contributed by atoms with Gasteiger partial charge in [-0.2, -0.15) is 0 Å². The minimum atomic E-state index is -0.192. The molecule has 1 saturated carbocycles. The average molecular weight is 257 g/mol. The van der Waals surface area contributed by atoms with E-state index in [1.807, 2.05) is 31.3 Å². The number of aryl methyl sites for hydroxylation is 2. The molecular formula is C15H19N3O. The summed E-state index contributed by atoms with van der Waals surface area (Å²) in [6, 6.07) is 8.05. The summed E-state index contributed by atoms with van der Waals surface area (Å²) in [6.07, 6.45) is 5.08. The first kappa shape index (κ1) is 12.2. The first-order valence-corrected chi connectivity index (χ1v) is 6.66. The third-order valence-corrected chi connectivity index (χ3v) is 4.15. The second-order valence-electron chi connectivity index (χ2n) is 5.56. The van der Waals surface area contributed by atoms with E-state index < -0.39 is 0 Å². The Morgan fingerprint density at radius 3 is 2.58 bits per heavy atom. The number of aromatic nitrogens is 2. The fourth-order valence-electron chi connectivity index (χ4n) is 2.82. The maximum atomic E-state index is 12.1. The van der Waals surface area contributed by atoms with Crippen molar-refractivity contribution in [3.05, 3.63) is 52.2 Å². The Morgan fingerprint density at radius 2 is 2.05 bits per heavy atom. The maximum Gasteiger partial charge on any atom is 0.332 e. The summed E-state index contributed by atoms with van der Waals surface area (Å²) < 4.78 is 3.33. The molecule has 4 heteroatoms. The highest BCUT2D eigenvalue weighted by atomic mass is 16.1. The molecule has 100 valence electrons. The van der Waals surface area contributed by atoms with E-state index in [2.05, 4.69) is 6.07 Å². The molecule has 0 unspecified atom stereocenters. The van der Waals surface area contributed by atoms with Gasteiger partial charge in [-0.25, -0.2) is 4.79 Å². The minimum Gasteiger partial charge on any atom is -0.321 e. The van der Waals surface area contributed by atoms with Crippen LogP contribution in [0.25, 0.3) is 5.69 Å². The molecule has 0 amide bonds. The molecule has 1 aliphatic rings. The highest BCUT2D eigenvalue weighted by Gasteiger charge is 2.34. The lowest BCUT2D eigenvalue weighted by Gasteiger charge is -2.38. The second kappa shape index (κ2) is 4.10. The van der Waals surface area contributed by atoms with Crippen molar-refractivity contribution in [2.75, 3.05) is 0 Å². The van der Waals surface area contributed by atoms with Crippen molar-refractivity contribution >= 4 is 0 Å². The summed E-state index contributed by atoms with van der Waals surface area (Å²) in [5.74, 6) is 0. The SMILES string of the molecule is Cc1cn(C)c(=O)n1-c1cccc(C2(N)CCC2)c1. The number of hydrogen-bond donors (Lipinski definition) is 1. The van der Waals surface area contributed by atoms with E-state index in [1.165, 1.54) is 6.42 Å². The first-order chi connectivity index (χ1) is 9.01. The summed E-state index contributed by atoms with van der Waals surface area (Å²) in [4.78, 5) is 12.1. The Balaban J connectivity index is 2.11. The molecule has 1 fully saturated rings. The second-order valence-corrected chi connectivity index (χ2v) is 5.56. The van der Waals surface area contributed by atoms with Crippen LogP contribution in [0, 0.1) is 6.92 Å². The monoisotopic (exact) mass is 257 g/mol. The lowest BCUT2D eigenvalue weighted by Crippen LogP contribution is -2.43. The van der Waals surface area contributed by atoms with E-state index in [4.69, 9.17) is 5.73 Å². The maximum absolute atomic E-state index is 12.1. The molecule has 1 aromatic carbocycles. The third-order valence-electron chi connectivity index (χ3n) is 4.15. The summed E-state index contributed by atoms with van der Waals surface area (Å²) in [7, 11) is 1.77. The molecule has 0 saturated heterocycles. The zero-order valence-corrected chi connectivity index (χ0v) is 11.4. The van der Waals surface area contributed by atoms with Gasteiger partial charge in [0, 0.05) is 24.5 Å². The molecule has 3 rings (SSSR count). The molecule has 1 aromatic heterocycles. The number of imidazole rings is 1. The Bertz CT molecular complexity index is 677. The van der Waals surface area contributed by atoms with E-state index >= 15 is 0 Å². The van der Waals surface area contributed by atoms with Gasteiger partial charge < -0.3 is 10.3 Å². The lowest BCUT2D eigenvalue weighted by atomic mass is 9.73. The predicted molar refractivity (Wildman–Crippen MR) is 75.5 cm³/mol. The molecule has 4 nitrogen and oxygen atoms in total. The van der Waals surface area contributed by atoms with Gasteiger partial charge in [0.15, 0.2) is 0 Å². The van der Waals surface area contributed by atoms with Gasteiger partial charge in [0.05, 0.1) is 5.69 Å². The summed E-state index contributed by atoms with van der Waals surface area (Å²) >= 11 is 0. The number of rotatable bonds is 2. The van der Waals surface area contributed by atoms with Crippen LogP contribution in [-0.4, -0.2) is 9.13 Å². The molecular weight excluding hydrogens is 238 g/mol. The minimum absolute atomic E-state index is 0.0191. The fraction of sp³-hybridized carbons (Fsp3) is 0.400. The number of nitrogens with zero attached hydrogens (tertiary/aromatic N) is 2. The zero-order valence-electron chi connectivity index (χ0n) is 11.4. The fourth-order valence-corrected chi connectivity index (χ4v) is 2.82. The third kappa shape index (κ3) is 1.83. The van der Waals surface area contributed by atoms with Crippen LogP contribution in [0.2, 0.25) is 0 Å². The van der Waals surface area contributed by atoms with E-state index in [0.29, 0.717) is 0 Å². The smallest absolute Gasteiger partial charge is 0.321 e. The van der Waals surface area contributed by atoms with Gasteiger partial charge in [0.25, 0.3) is 0 Å². The molecule has 0 radical (unpaired) electrons. The van der Waals surface area contributed by atoms with Crippen molar-refractivity contribution in [2.45, 2.75) is 31.7 Å². The van der Waals surface area contributed by atoms with Crippen LogP contribution >= 0.6 is 0 Å². The summed E-state index contributed by atoms with van der Waals surface area (Å²) in [5.41, 5.74) is 9.11. The highest BCUT2D eigenvalue weighted by Crippen LogP contribution is 2.39. The van der Waals surface area contributed by atoms with Gasteiger partial charge in [0.1, 0.15) is 0 Å². The Kier molecular flexibility index (Phi) is 2.64. The molecule has 19 heavy (non-hydrogen) atoms. The summed E-state index contributed by atoms with van der Waals surface area (Å²) in [5, 5.41) is 0. The van der Waals surface area contributed by atoms with E-state index in [1.54, 1.807) is 16.2 Å². The topological polar surface area (TPSA) is 53.0 Å². The lowest BCUT2D eigenvalue weighted by molar-refractivity contribution is 0.253. The molecule has 0 aliphatic heterocycles. The van der Waals surface area contributed by atoms with Crippen LogP contribution in [0.5, 0.6) is 0 Å². The van der Waals surface area contributed by atoms with E-state index in [9.17, 15) is 4.79 Å². The number of hydrogen-bond acceptors (Lipinski definition) is 2. The normalized spacial score (nSPS) is 17.2. The first-order valence-electron chi connectivity index (χ1n) is 6.66. The zero-order chi connectivity index (χ0) is 13.6. The van der Waals surface area contributed by atoms with Gasteiger partial charge in [-0.05, 0) is 43.9 Å². The molecule has 0 atom stereocenters.